The lowest BCUT2D eigenvalue weighted by atomic mass is 9.84. The fraction of sp³-hybridized carbons (Fsp3) is 0.500. The first-order valence-corrected chi connectivity index (χ1v) is 9.38. The Labute approximate surface area is 150 Å². The number of hydrogen-bond donors (Lipinski definition) is 0. The Bertz CT molecular complexity index is 743. The van der Waals surface area contributed by atoms with Gasteiger partial charge in [0.15, 0.2) is 0 Å². The molecule has 132 valence electrons. The van der Waals surface area contributed by atoms with Crippen LogP contribution in [0.2, 0.25) is 0 Å². The lowest BCUT2D eigenvalue weighted by Crippen LogP contribution is -2.67. The highest BCUT2D eigenvalue weighted by molar-refractivity contribution is 7.09. The minimum atomic E-state index is -0.256. The van der Waals surface area contributed by atoms with Crippen LogP contribution in [0.5, 0.6) is 0 Å². The molecule has 2 saturated heterocycles. The second-order valence-electron chi connectivity index (χ2n) is 6.69. The molecule has 4 heterocycles. The average molecular weight is 359 g/mol. The molecular weight excluding hydrogens is 338 g/mol. The standard InChI is InChI=1S/C18H21N3O3S/c1-13-20-16(10-25-13)17(22)21-11-18(12-21)8-15(5-7-24-18)23-9-14-4-2-3-6-19-14/h2-4,6,10,15H,5,7-9,11-12H2,1H3/t15-/m0/s1. The van der Waals surface area contributed by atoms with Crippen molar-refractivity contribution in [3.63, 3.8) is 0 Å². The highest BCUT2D eigenvalue weighted by Crippen LogP contribution is 2.36. The summed E-state index contributed by atoms with van der Waals surface area (Å²) < 4.78 is 12.0. The van der Waals surface area contributed by atoms with Gasteiger partial charge in [0.05, 0.1) is 36.5 Å². The second-order valence-corrected chi connectivity index (χ2v) is 7.75. The van der Waals surface area contributed by atoms with Crippen molar-refractivity contribution in [2.75, 3.05) is 19.7 Å². The molecule has 2 aliphatic heterocycles. The van der Waals surface area contributed by atoms with Gasteiger partial charge in [0.2, 0.25) is 0 Å². The van der Waals surface area contributed by atoms with Gasteiger partial charge in [-0.05, 0) is 25.5 Å². The molecule has 25 heavy (non-hydrogen) atoms. The van der Waals surface area contributed by atoms with Gasteiger partial charge in [-0.15, -0.1) is 11.3 Å². The zero-order valence-corrected chi connectivity index (χ0v) is 15.0. The minimum absolute atomic E-state index is 0.00453. The first kappa shape index (κ1) is 16.6. The van der Waals surface area contributed by atoms with Crippen molar-refractivity contribution in [3.05, 3.63) is 46.2 Å². The van der Waals surface area contributed by atoms with E-state index in [4.69, 9.17) is 9.47 Å². The van der Waals surface area contributed by atoms with E-state index in [1.165, 1.54) is 11.3 Å². The Kier molecular flexibility index (Phi) is 4.54. The van der Waals surface area contributed by atoms with Crippen LogP contribution < -0.4 is 0 Å². The minimum Gasteiger partial charge on any atom is -0.372 e. The third-order valence-electron chi connectivity index (χ3n) is 4.72. The Balaban J connectivity index is 1.31. The van der Waals surface area contributed by atoms with Crippen molar-refractivity contribution >= 4 is 17.2 Å². The van der Waals surface area contributed by atoms with Crippen molar-refractivity contribution in [1.29, 1.82) is 0 Å². The number of carbonyl (C=O) groups excluding carboxylic acids is 1. The summed E-state index contributed by atoms with van der Waals surface area (Å²) in [5.41, 5.74) is 1.22. The van der Waals surface area contributed by atoms with Crippen LogP contribution in [0.1, 0.15) is 34.0 Å². The van der Waals surface area contributed by atoms with Crippen LogP contribution >= 0.6 is 11.3 Å². The Morgan fingerprint density at radius 1 is 1.48 bits per heavy atom. The number of ether oxygens (including phenoxy) is 2. The van der Waals surface area contributed by atoms with Crippen molar-refractivity contribution in [2.24, 2.45) is 0 Å². The average Bonchev–Trinajstić information content (AvgIpc) is 3.05. The van der Waals surface area contributed by atoms with Crippen LogP contribution in [-0.2, 0) is 16.1 Å². The highest BCUT2D eigenvalue weighted by atomic mass is 32.1. The molecule has 0 radical (unpaired) electrons. The van der Waals surface area contributed by atoms with Crippen LogP contribution in [0, 0.1) is 6.92 Å². The molecule has 0 saturated carbocycles. The maximum absolute atomic E-state index is 12.4. The lowest BCUT2D eigenvalue weighted by Gasteiger charge is -2.52. The van der Waals surface area contributed by atoms with Crippen molar-refractivity contribution in [2.45, 2.75) is 38.1 Å². The number of likely N-dealkylation sites (tertiary alicyclic amines) is 1. The van der Waals surface area contributed by atoms with E-state index >= 15 is 0 Å². The Hall–Kier alpha value is -1.83. The number of nitrogens with zero attached hydrogens (tertiary/aromatic N) is 3. The van der Waals surface area contributed by atoms with Gasteiger partial charge in [0, 0.05) is 24.6 Å². The summed E-state index contributed by atoms with van der Waals surface area (Å²) in [6.45, 7) is 4.33. The monoisotopic (exact) mass is 359 g/mol. The summed E-state index contributed by atoms with van der Waals surface area (Å²) in [6, 6.07) is 5.83. The number of aryl methyl sites for hydroxylation is 1. The van der Waals surface area contributed by atoms with Gasteiger partial charge in [-0.1, -0.05) is 6.07 Å². The molecule has 0 bridgehead atoms. The summed E-state index contributed by atoms with van der Waals surface area (Å²) in [5, 5.41) is 2.74. The van der Waals surface area contributed by atoms with E-state index in [0.29, 0.717) is 32.0 Å². The van der Waals surface area contributed by atoms with Crippen LogP contribution in [0.4, 0.5) is 0 Å². The molecule has 1 amide bonds. The molecule has 2 fully saturated rings. The van der Waals surface area contributed by atoms with E-state index in [1.54, 1.807) is 6.20 Å². The highest BCUT2D eigenvalue weighted by Gasteiger charge is 2.50. The van der Waals surface area contributed by atoms with Gasteiger partial charge in [-0.3, -0.25) is 9.78 Å². The molecule has 0 unspecified atom stereocenters. The van der Waals surface area contributed by atoms with Crippen molar-refractivity contribution < 1.29 is 14.3 Å². The fourth-order valence-corrected chi connectivity index (χ4v) is 4.04. The van der Waals surface area contributed by atoms with E-state index in [2.05, 4.69) is 9.97 Å². The fourth-order valence-electron chi connectivity index (χ4n) is 3.45. The van der Waals surface area contributed by atoms with E-state index in [1.807, 2.05) is 35.4 Å². The van der Waals surface area contributed by atoms with Gasteiger partial charge in [-0.25, -0.2) is 4.98 Å². The molecule has 4 rings (SSSR count). The molecular formula is C18H21N3O3S. The third-order valence-corrected chi connectivity index (χ3v) is 5.50. The van der Waals surface area contributed by atoms with E-state index in [9.17, 15) is 4.79 Å². The summed E-state index contributed by atoms with van der Waals surface area (Å²) in [5.74, 6) is -0.00453. The van der Waals surface area contributed by atoms with Crippen molar-refractivity contribution in [1.82, 2.24) is 14.9 Å². The predicted octanol–water partition coefficient (Wildman–Crippen LogP) is 2.44. The normalized spacial score (nSPS) is 22.0. The molecule has 2 aliphatic rings. The molecule has 6 nitrogen and oxygen atoms in total. The van der Waals surface area contributed by atoms with Crippen LogP contribution in [0.25, 0.3) is 0 Å². The Morgan fingerprint density at radius 3 is 3.08 bits per heavy atom. The zero-order valence-electron chi connectivity index (χ0n) is 14.2. The smallest absolute Gasteiger partial charge is 0.273 e. The van der Waals surface area contributed by atoms with Gasteiger partial charge in [0.1, 0.15) is 11.3 Å². The number of carbonyl (C=O) groups is 1. The van der Waals surface area contributed by atoms with E-state index < -0.39 is 0 Å². The van der Waals surface area contributed by atoms with E-state index in [-0.39, 0.29) is 17.6 Å². The molecule has 0 aliphatic carbocycles. The molecule has 0 aromatic carbocycles. The number of hydrogen-bond acceptors (Lipinski definition) is 6. The van der Waals surface area contributed by atoms with E-state index in [0.717, 1.165) is 23.5 Å². The quantitative estimate of drug-likeness (QED) is 0.839. The summed E-state index contributed by atoms with van der Waals surface area (Å²) >= 11 is 1.50. The van der Waals surface area contributed by atoms with Gasteiger partial charge in [-0.2, -0.15) is 0 Å². The molecule has 0 N–H and O–H groups in total. The Morgan fingerprint density at radius 2 is 2.36 bits per heavy atom. The SMILES string of the molecule is Cc1nc(C(=O)N2CC3(C[C@@H](OCc4ccccn4)CCO3)C2)cs1. The van der Waals surface area contributed by atoms with Crippen molar-refractivity contribution in [3.8, 4) is 0 Å². The van der Waals surface area contributed by atoms with Crippen LogP contribution in [-0.4, -0.2) is 52.2 Å². The van der Waals surface area contributed by atoms with Crippen LogP contribution in [0.3, 0.4) is 0 Å². The molecule has 1 spiro atoms. The third kappa shape index (κ3) is 3.58. The number of aromatic nitrogens is 2. The number of amides is 1. The zero-order chi connectivity index (χ0) is 17.3. The lowest BCUT2D eigenvalue weighted by molar-refractivity contribution is -0.188. The first-order chi connectivity index (χ1) is 12.1. The maximum Gasteiger partial charge on any atom is 0.273 e. The van der Waals surface area contributed by atoms with Gasteiger partial charge < -0.3 is 14.4 Å². The van der Waals surface area contributed by atoms with Gasteiger partial charge in [0.25, 0.3) is 5.91 Å². The molecule has 2 aromatic rings. The second kappa shape index (κ2) is 6.82. The number of pyridine rings is 1. The molecule has 1 atom stereocenters. The summed E-state index contributed by atoms with van der Waals surface area (Å²) in [7, 11) is 0. The topological polar surface area (TPSA) is 64.6 Å². The molecule has 7 heteroatoms. The van der Waals surface area contributed by atoms with Crippen LogP contribution in [0.15, 0.2) is 29.8 Å². The summed E-state index contributed by atoms with van der Waals surface area (Å²) in [4.78, 5) is 22.8. The number of rotatable bonds is 4. The maximum atomic E-state index is 12.4. The largest absolute Gasteiger partial charge is 0.372 e. The summed E-state index contributed by atoms with van der Waals surface area (Å²) in [6.07, 6.45) is 3.63. The number of thiazole rings is 1. The first-order valence-electron chi connectivity index (χ1n) is 8.50. The predicted molar refractivity (Wildman–Crippen MR) is 93.5 cm³/mol. The molecule has 2 aromatic heterocycles. The van der Waals surface area contributed by atoms with Gasteiger partial charge >= 0.3 is 0 Å².